The molecule has 0 heterocycles. The Labute approximate surface area is 132 Å². The molecule has 0 aromatic heterocycles. The normalized spacial score (nSPS) is 11.8. The number of nitrogens with zero attached hydrogens (tertiary/aromatic N) is 1. The predicted molar refractivity (Wildman–Crippen MR) is 84.2 cm³/mol. The summed E-state index contributed by atoms with van der Waals surface area (Å²) in [6.45, 7) is 2.04. The number of hydrogen-bond donors (Lipinski definition) is 2. The quantitative estimate of drug-likeness (QED) is 0.605. The number of nitro benzene ring substituents is 1. The second-order valence-electron chi connectivity index (χ2n) is 5.08. The van der Waals surface area contributed by atoms with Gasteiger partial charge in [-0.05, 0) is 30.7 Å². The maximum absolute atomic E-state index is 13.7. The number of aliphatic hydroxyl groups excluding tert-OH is 1. The average Bonchev–Trinajstić information content (AvgIpc) is 2.51. The lowest BCUT2D eigenvalue weighted by atomic mass is 10.2. The molecule has 0 aliphatic heterocycles. The molecule has 0 amide bonds. The first-order valence-corrected chi connectivity index (χ1v) is 7.01. The van der Waals surface area contributed by atoms with Gasteiger partial charge in [-0.2, -0.15) is 0 Å². The van der Waals surface area contributed by atoms with Crippen molar-refractivity contribution in [3.8, 4) is 5.75 Å². The lowest BCUT2D eigenvalue weighted by molar-refractivity contribution is -0.385. The molecule has 2 N–H and O–H groups in total. The molecule has 2 aromatic rings. The van der Waals surface area contributed by atoms with E-state index >= 15 is 0 Å². The van der Waals surface area contributed by atoms with E-state index in [-0.39, 0.29) is 24.5 Å². The standard InChI is InChI=1S/C16H17FN2O4/c1-11-3-2-4-14(7-11)23-10-13(20)9-18-16-6-5-12(19(21)22)8-15(16)17/h2-8,13,18,20H,9-10H2,1H3. The SMILES string of the molecule is Cc1cccc(OCC(O)CNc2ccc([N+](=O)[O-])cc2F)c1. The van der Waals surface area contributed by atoms with Crippen LogP contribution in [0.1, 0.15) is 5.56 Å². The predicted octanol–water partition coefficient (Wildman–Crippen LogP) is 2.89. The van der Waals surface area contributed by atoms with E-state index in [1.807, 2.05) is 25.1 Å². The van der Waals surface area contributed by atoms with Crippen LogP contribution in [0, 0.1) is 22.9 Å². The van der Waals surface area contributed by atoms with Crippen LogP contribution >= 0.6 is 0 Å². The van der Waals surface area contributed by atoms with Gasteiger partial charge in [-0.15, -0.1) is 0 Å². The van der Waals surface area contributed by atoms with E-state index in [1.54, 1.807) is 6.07 Å². The molecule has 6 nitrogen and oxygen atoms in total. The molecule has 0 bridgehead atoms. The molecule has 1 atom stereocenters. The van der Waals surface area contributed by atoms with Crippen molar-refractivity contribution >= 4 is 11.4 Å². The van der Waals surface area contributed by atoms with Crippen LogP contribution in [0.25, 0.3) is 0 Å². The van der Waals surface area contributed by atoms with Crippen molar-refractivity contribution in [3.05, 3.63) is 64.0 Å². The van der Waals surface area contributed by atoms with Crippen LogP contribution in [0.15, 0.2) is 42.5 Å². The van der Waals surface area contributed by atoms with Crippen molar-refractivity contribution < 1.29 is 19.2 Å². The highest BCUT2D eigenvalue weighted by Gasteiger charge is 2.12. The second kappa shape index (κ2) is 7.55. The van der Waals surface area contributed by atoms with E-state index in [0.29, 0.717) is 5.75 Å². The maximum Gasteiger partial charge on any atom is 0.272 e. The lowest BCUT2D eigenvalue weighted by Crippen LogP contribution is -2.26. The van der Waals surface area contributed by atoms with E-state index in [9.17, 15) is 19.6 Å². The molecule has 2 aromatic carbocycles. The van der Waals surface area contributed by atoms with Crippen molar-refractivity contribution in [2.24, 2.45) is 0 Å². The molecule has 0 saturated carbocycles. The van der Waals surface area contributed by atoms with E-state index < -0.39 is 16.8 Å². The minimum Gasteiger partial charge on any atom is -0.491 e. The van der Waals surface area contributed by atoms with Gasteiger partial charge in [0, 0.05) is 12.6 Å². The summed E-state index contributed by atoms with van der Waals surface area (Å²) in [6, 6.07) is 10.7. The first-order valence-electron chi connectivity index (χ1n) is 7.01. The molecule has 1 unspecified atom stereocenters. The Balaban J connectivity index is 1.84. The zero-order valence-electron chi connectivity index (χ0n) is 12.5. The van der Waals surface area contributed by atoms with Crippen LogP contribution in [0.4, 0.5) is 15.8 Å². The molecule has 0 fully saturated rings. The van der Waals surface area contributed by atoms with E-state index in [1.165, 1.54) is 12.1 Å². The monoisotopic (exact) mass is 320 g/mol. The number of aryl methyl sites for hydroxylation is 1. The number of nitrogens with one attached hydrogen (secondary N) is 1. The minimum atomic E-state index is -0.856. The molecular formula is C16H17FN2O4. The molecule has 0 aliphatic rings. The van der Waals surface area contributed by atoms with Gasteiger partial charge >= 0.3 is 0 Å². The fourth-order valence-corrected chi connectivity index (χ4v) is 1.95. The van der Waals surface area contributed by atoms with Crippen LogP contribution in [0.3, 0.4) is 0 Å². The summed E-state index contributed by atoms with van der Waals surface area (Å²) in [5.41, 5.74) is 0.810. The van der Waals surface area contributed by atoms with Gasteiger partial charge in [0.2, 0.25) is 0 Å². The third kappa shape index (κ3) is 4.93. The summed E-state index contributed by atoms with van der Waals surface area (Å²) in [5.74, 6) is -0.100. The Bertz CT molecular complexity index is 694. The summed E-state index contributed by atoms with van der Waals surface area (Å²) >= 11 is 0. The number of halogens is 1. The van der Waals surface area contributed by atoms with E-state index in [0.717, 1.165) is 11.6 Å². The van der Waals surface area contributed by atoms with Gasteiger partial charge in [0.25, 0.3) is 5.69 Å². The summed E-state index contributed by atoms with van der Waals surface area (Å²) in [4.78, 5) is 9.87. The summed E-state index contributed by atoms with van der Waals surface area (Å²) in [5, 5.41) is 23.1. The lowest BCUT2D eigenvalue weighted by Gasteiger charge is -2.14. The summed E-state index contributed by atoms with van der Waals surface area (Å²) < 4.78 is 19.1. The zero-order valence-corrected chi connectivity index (χ0v) is 12.5. The van der Waals surface area contributed by atoms with Crippen molar-refractivity contribution in [1.29, 1.82) is 0 Å². The first kappa shape index (κ1) is 16.7. The molecule has 7 heteroatoms. The van der Waals surface area contributed by atoms with Gasteiger partial charge in [0.05, 0.1) is 16.7 Å². The van der Waals surface area contributed by atoms with Gasteiger partial charge in [0.1, 0.15) is 18.5 Å². The Morgan fingerprint density at radius 2 is 2.13 bits per heavy atom. The van der Waals surface area contributed by atoms with Gasteiger partial charge < -0.3 is 15.2 Å². The van der Waals surface area contributed by atoms with Gasteiger partial charge in [-0.25, -0.2) is 4.39 Å². The van der Waals surface area contributed by atoms with E-state index in [4.69, 9.17) is 4.74 Å². The molecule has 122 valence electrons. The topological polar surface area (TPSA) is 84.6 Å². The first-order chi connectivity index (χ1) is 11.0. The van der Waals surface area contributed by atoms with Gasteiger partial charge in [-0.1, -0.05) is 12.1 Å². The third-order valence-electron chi connectivity index (χ3n) is 3.12. The molecule has 0 aliphatic carbocycles. The zero-order chi connectivity index (χ0) is 16.8. The number of nitro groups is 1. The van der Waals surface area contributed by atoms with Crippen molar-refractivity contribution in [3.63, 3.8) is 0 Å². The van der Waals surface area contributed by atoms with Crippen molar-refractivity contribution in [2.75, 3.05) is 18.5 Å². The fraction of sp³-hybridized carbons (Fsp3) is 0.250. The summed E-state index contributed by atoms with van der Waals surface area (Å²) in [6.07, 6.45) is -0.856. The summed E-state index contributed by atoms with van der Waals surface area (Å²) in [7, 11) is 0. The fourth-order valence-electron chi connectivity index (χ4n) is 1.95. The highest BCUT2D eigenvalue weighted by atomic mass is 19.1. The Morgan fingerprint density at radius 1 is 1.35 bits per heavy atom. The number of aliphatic hydroxyl groups is 1. The van der Waals surface area contributed by atoms with Gasteiger partial charge in [0.15, 0.2) is 5.82 Å². The van der Waals surface area contributed by atoms with Crippen LogP contribution in [-0.2, 0) is 0 Å². The van der Waals surface area contributed by atoms with Crippen molar-refractivity contribution in [2.45, 2.75) is 13.0 Å². The number of hydrogen-bond acceptors (Lipinski definition) is 5. The molecule has 0 saturated heterocycles. The molecule has 23 heavy (non-hydrogen) atoms. The van der Waals surface area contributed by atoms with Crippen LogP contribution in [0.2, 0.25) is 0 Å². The number of anilines is 1. The van der Waals surface area contributed by atoms with Crippen LogP contribution < -0.4 is 10.1 Å². The van der Waals surface area contributed by atoms with Crippen molar-refractivity contribution in [1.82, 2.24) is 0 Å². The maximum atomic E-state index is 13.7. The number of benzene rings is 2. The number of ether oxygens (including phenoxy) is 1. The molecule has 0 spiro atoms. The van der Waals surface area contributed by atoms with E-state index in [2.05, 4.69) is 5.32 Å². The minimum absolute atomic E-state index is 0.0467. The number of non-ortho nitro benzene ring substituents is 1. The van der Waals surface area contributed by atoms with Crippen LogP contribution in [-0.4, -0.2) is 29.3 Å². The third-order valence-corrected chi connectivity index (χ3v) is 3.12. The van der Waals surface area contributed by atoms with Gasteiger partial charge in [-0.3, -0.25) is 10.1 Å². The second-order valence-corrected chi connectivity index (χ2v) is 5.08. The smallest absolute Gasteiger partial charge is 0.272 e. The highest BCUT2D eigenvalue weighted by molar-refractivity contribution is 5.50. The average molecular weight is 320 g/mol. The Kier molecular flexibility index (Phi) is 5.48. The molecular weight excluding hydrogens is 303 g/mol. The molecule has 2 rings (SSSR count). The largest absolute Gasteiger partial charge is 0.491 e. The highest BCUT2D eigenvalue weighted by Crippen LogP contribution is 2.20. The Morgan fingerprint density at radius 3 is 2.78 bits per heavy atom. The number of rotatable bonds is 7. The molecule has 0 radical (unpaired) electrons. The van der Waals surface area contributed by atoms with Crippen LogP contribution in [0.5, 0.6) is 5.75 Å². The Hall–Kier alpha value is -2.67.